The van der Waals surface area contributed by atoms with Crippen molar-refractivity contribution in [3.8, 4) is 0 Å². The number of hydrogen-bond donors (Lipinski definition) is 2. The molecule has 1 aliphatic carbocycles. The van der Waals surface area contributed by atoms with Crippen LogP contribution in [0.5, 0.6) is 0 Å². The average Bonchev–Trinajstić information content (AvgIpc) is 2.37. The van der Waals surface area contributed by atoms with Crippen molar-refractivity contribution in [3.05, 3.63) is 70.3 Å². The van der Waals surface area contributed by atoms with Crippen LogP contribution in [0.15, 0.2) is 42.5 Å². The Morgan fingerprint density at radius 1 is 1.16 bits per heavy atom. The molecule has 2 nitrogen and oxygen atoms in total. The van der Waals surface area contributed by atoms with Gasteiger partial charge in [0.25, 0.3) is 0 Å². The van der Waals surface area contributed by atoms with Gasteiger partial charge < -0.3 is 0 Å². The van der Waals surface area contributed by atoms with Gasteiger partial charge in [-0.25, -0.2) is 0 Å². The van der Waals surface area contributed by atoms with Crippen LogP contribution in [-0.2, 0) is 6.42 Å². The van der Waals surface area contributed by atoms with Crippen LogP contribution in [-0.4, -0.2) is 0 Å². The lowest BCUT2D eigenvalue weighted by atomic mass is 9.71. The molecule has 0 aromatic heterocycles. The fraction of sp³-hybridized carbons (Fsp3) is 0.294. The van der Waals surface area contributed by atoms with Gasteiger partial charge in [0.15, 0.2) is 0 Å². The molecule has 2 unspecified atom stereocenters. The standard InChI is InChI=1S/C17H20N2/c1-11-7-8-14(12(2)9-11)17(19-18)16-10-13-5-3-4-6-15(13)16/h3-9,16-17,19H,10,18H2,1-2H3. The summed E-state index contributed by atoms with van der Waals surface area (Å²) in [6.07, 6.45) is 1.11. The summed E-state index contributed by atoms with van der Waals surface area (Å²) in [7, 11) is 0. The van der Waals surface area contributed by atoms with Gasteiger partial charge >= 0.3 is 0 Å². The first kappa shape index (κ1) is 12.4. The van der Waals surface area contributed by atoms with Gasteiger partial charge in [0, 0.05) is 5.92 Å². The molecule has 3 rings (SSSR count). The largest absolute Gasteiger partial charge is 0.271 e. The molecule has 3 N–H and O–H groups in total. The molecule has 0 aliphatic heterocycles. The molecule has 2 aromatic rings. The average molecular weight is 252 g/mol. The number of fused-ring (bicyclic) bond motifs is 1. The van der Waals surface area contributed by atoms with Crippen LogP contribution in [0.2, 0.25) is 0 Å². The number of hydrogen-bond acceptors (Lipinski definition) is 2. The molecule has 0 saturated heterocycles. The minimum Gasteiger partial charge on any atom is -0.271 e. The zero-order valence-corrected chi connectivity index (χ0v) is 11.5. The van der Waals surface area contributed by atoms with E-state index in [0.29, 0.717) is 5.92 Å². The van der Waals surface area contributed by atoms with E-state index in [1.807, 2.05) is 0 Å². The Kier molecular flexibility index (Phi) is 3.13. The number of nitrogens with two attached hydrogens (primary N) is 1. The normalized spacial score (nSPS) is 18.6. The summed E-state index contributed by atoms with van der Waals surface area (Å²) in [5, 5.41) is 0. The smallest absolute Gasteiger partial charge is 0.0534 e. The molecule has 0 fully saturated rings. The highest BCUT2D eigenvalue weighted by Crippen LogP contribution is 2.43. The lowest BCUT2D eigenvalue weighted by Crippen LogP contribution is -2.37. The third-order valence-corrected chi connectivity index (χ3v) is 4.24. The molecule has 19 heavy (non-hydrogen) atoms. The van der Waals surface area contributed by atoms with E-state index in [9.17, 15) is 0 Å². The monoisotopic (exact) mass is 252 g/mol. The minimum atomic E-state index is 0.204. The maximum atomic E-state index is 5.83. The molecule has 0 amide bonds. The zero-order valence-electron chi connectivity index (χ0n) is 11.5. The first-order valence-electron chi connectivity index (χ1n) is 6.82. The lowest BCUT2D eigenvalue weighted by Gasteiger charge is -2.37. The number of nitrogens with one attached hydrogen (secondary N) is 1. The summed E-state index contributed by atoms with van der Waals surface area (Å²) in [5.74, 6) is 6.32. The van der Waals surface area contributed by atoms with Crippen molar-refractivity contribution >= 4 is 0 Å². The molecule has 0 heterocycles. The fourth-order valence-electron chi connectivity index (χ4n) is 3.19. The molecular weight excluding hydrogens is 232 g/mol. The quantitative estimate of drug-likeness (QED) is 0.650. The number of hydrazine groups is 1. The predicted molar refractivity (Wildman–Crippen MR) is 78.9 cm³/mol. The Balaban J connectivity index is 1.95. The minimum absolute atomic E-state index is 0.204. The molecule has 98 valence electrons. The van der Waals surface area contributed by atoms with Crippen LogP contribution in [0.25, 0.3) is 0 Å². The van der Waals surface area contributed by atoms with Crippen LogP contribution in [0.3, 0.4) is 0 Å². The summed E-state index contributed by atoms with van der Waals surface area (Å²) in [5.41, 5.74) is 9.84. The highest BCUT2D eigenvalue weighted by molar-refractivity contribution is 5.44. The van der Waals surface area contributed by atoms with Gasteiger partial charge in [0.1, 0.15) is 0 Å². The Bertz CT molecular complexity index is 604. The van der Waals surface area contributed by atoms with Crippen LogP contribution in [0, 0.1) is 13.8 Å². The lowest BCUT2D eigenvalue weighted by molar-refractivity contribution is 0.417. The Hall–Kier alpha value is -1.64. The predicted octanol–water partition coefficient (Wildman–Crippen LogP) is 3.15. The van der Waals surface area contributed by atoms with Gasteiger partial charge in [-0.3, -0.25) is 11.3 Å². The second-order valence-corrected chi connectivity index (χ2v) is 5.51. The molecule has 2 aromatic carbocycles. The first-order valence-corrected chi connectivity index (χ1v) is 6.82. The summed E-state index contributed by atoms with van der Waals surface area (Å²) in [6, 6.07) is 15.4. The third kappa shape index (κ3) is 2.07. The van der Waals surface area contributed by atoms with Crippen molar-refractivity contribution in [1.29, 1.82) is 0 Å². The molecule has 0 saturated carbocycles. The van der Waals surface area contributed by atoms with Crippen molar-refractivity contribution in [2.75, 3.05) is 0 Å². The van der Waals surface area contributed by atoms with Crippen LogP contribution >= 0.6 is 0 Å². The molecule has 2 heteroatoms. The Labute approximate surface area is 114 Å². The van der Waals surface area contributed by atoms with Crippen molar-refractivity contribution in [1.82, 2.24) is 5.43 Å². The second kappa shape index (κ2) is 4.80. The Morgan fingerprint density at radius 2 is 1.95 bits per heavy atom. The zero-order chi connectivity index (χ0) is 13.4. The van der Waals surface area contributed by atoms with Crippen molar-refractivity contribution in [2.24, 2.45) is 5.84 Å². The molecule has 0 spiro atoms. The van der Waals surface area contributed by atoms with Gasteiger partial charge in [0.05, 0.1) is 6.04 Å². The van der Waals surface area contributed by atoms with Gasteiger partial charge in [-0.1, -0.05) is 48.0 Å². The molecular formula is C17H20N2. The summed E-state index contributed by atoms with van der Waals surface area (Å²) < 4.78 is 0. The SMILES string of the molecule is Cc1ccc(C(NN)C2Cc3ccccc32)c(C)c1. The van der Waals surface area contributed by atoms with Crippen molar-refractivity contribution in [2.45, 2.75) is 32.2 Å². The number of aryl methyl sites for hydroxylation is 2. The molecule has 0 bridgehead atoms. The summed E-state index contributed by atoms with van der Waals surface area (Å²) >= 11 is 0. The van der Waals surface area contributed by atoms with E-state index < -0.39 is 0 Å². The van der Waals surface area contributed by atoms with Crippen molar-refractivity contribution < 1.29 is 0 Å². The van der Waals surface area contributed by atoms with Crippen LogP contribution in [0.1, 0.15) is 39.8 Å². The van der Waals surface area contributed by atoms with E-state index >= 15 is 0 Å². The van der Waals surface area contributed by atoms with Crippen LogP contribution in [0.4, 0.5) is 0 Å². The van der Waals surface area contributed by atoms with Crippen molar-refractivity contribution in [3.63, 3.8) is 0 Å². The molecule has 1 aliphatic rings. The maximum absolute atomic E-state index is 5.83. The maximum Gasteiger partial charge on any atom is 0.0534 e. The van der Waals surface area contributed by atoms with E-state index in [1.54, 1.807) is 0 Å². The van der Waals surface area contributed by atoms with E-state index in [-0.39, 0.29) is 6.04 Å². The Morgan fingerprint density at radius 3 is 2.63 bits per heavy atom. The highest BCUT2D eigenvalue weighted by atomic mass is 15.2. The summed E-state index contributed by atoms with van der Waals surface area (Å²) in [4.78, 5) is 0. The molecule has 0 radical (unpaired) electrons. The number of benzene rings is 2. The highest BCUT2D eigenvalue weighted by Gasteiger charge is 2.33. The van der Waals surface area contributed by atoms with E-state index in [4.69, 9.17) is 5.84 Å². The van der Waals surface area contributed by atoms with Gasteiger partial charge in [-0.15, -0.1) is 0 Å². The topological polar surface area (TPSA) is 38.0 Å². The van der Waals surface area contributed by atoms with E-state index in [1.165, 1.54) is 27.8 Å². The van der Waals surface area contributed by atoms with Gasteiger partial charge in [0.2, 0.25) is 0 Å². The van der Waals surface area contributed by atoms with E-state index in [2.05, 4.69) is 61.7 Å². The molecule has 2 atom stereocenters. The third-order valence-electron chi connectivity index (χ3n) is 4.24. The van der Waals surface area contributed by atoms with E-state index in [0.717, 1.165) is 6.42 Å². The first-order chi connectivity index (χ1) is 9.20. The summed E-state index contributed by atoms with van der Waals surface area (Å²) in [6.45, 7) is 4.29. The fourth-order valence-corrected chi connectivity index (χ4v) is 3.19. The van der Waals surface area contributed by atoms with Crippen LogP contribution < -0.4 is 11.3 Å². The van der Waals surface area contributed by atoms with Gasteiger partial charge in [-0.05, 0) is 42.5 Å². The van der Waals surface area contributed by atoms with Gasteiger partial charge in [-0.2, -0.15) is 0 Å². The second-order valence-electron chi connectivity index (χ2n) is 5.51. The number of rotatable bonds is 3.